The summed E-state index contributed by atoms with van der Waals surface area (Å²) in [6.07, 6.45) is -7.33. The number of carbonyl (C=O) groups is 1. The molecule has 112 valence electrons. The molecule has 6 N–H and O–H groups in total. The van der Waals surface area contributed by atoms with E-state index in [-0.39, 0.29) is 0 Å². The Hall–Kier alpha value is -1.51. The maximum Gasteiger partial charge on any atom is 0.256 e. The summed E-state index contributed by atoms with van der Waals surface area (Å²) in [6.45, 7) is 1.07. The Bertz CT molecular complexity index is 435. The molecule has 7 nitrogen and oxygen atoms in total. The van der Waals surface area contributed by atoms with E-state index in [1.54, 1.807) is 24.3 Å². The van der Waals surface area contributed by atoms with Crippen molar-refractivity contribution >= 4 is 11.6 Å². The molecule has 1 amide bonds. The summed E-state index contributed by atoms with van der Waals surface area (Å²) >= 11 is 0. The quantitative estimate of drug-likeness (QED) is 0.372. The third-order valence-electron chi connectivity index (χ3n) is 2.84. The molecule has 0 saturated heterocycles. The molecule has 20 heavy (non-hydrogen) atoms. The van der Waals surface area contributed by atoms with Crippen molar-refractivity contribution in [3.63, 3.8) is 0 Å². The molecule has 0 radical (unpaired) electrons. The molecule has 1 aromatic carbocycles. The zero-order chi connectivity index (χ0) is 15.3. The van der Waals surface area contributed by atoms with Crippen LogP contribution in [0.2, 0.25) is 0 Å². The molecule has 0 spiro atoms. The van der Waals surface area contributed by atoms with Crippen LogP contribution in [0.25, 0.3) is 0 Å². The van der Waals surface area contributed by atoms with E-state index in [9.17, 15) is 20.1 Å². The third-order valence-corrected chi connectivity index (χ3v) is 2.84. The largest absolute Gasteiger partial charge is 0.394 e. The fraction of sp³-hybridized carbons (Fsp3) is 0.462. The number of hydrogen-bond acceptors (Lipinski definition) is 6. The zero-order valence-electron chi connectivity index (χ0n) is 11.0. The van der Waals surface area contributed by atoms with Crippen molar-refractivity contribution in [2.24, 2.45) is 0 Å². The van der Waals surface area contributed by atoms with Gasteiger partial charge < -0.3 is 30.8 Å². The van der Waals surface area contributed by atoms with Crippen molar-refractivity contribution in [1.82, 2.24) is 0 Å². The van der Waals surface area contributed by atoms with Crippen molar-refractivity contribution in [3.05, 3.63) is 29.8 Å². The average molecular weight is 285 g/mol. The van der Waals surface area contributed by atoms with Crippen LogP contribution in [0.15, 0.2) is 24.3 Å². The Morgan fingerprint density at radius 1 is 1.10 bits per heavy atom. The van der Waals surface area contributed by atoms with Crippen LogP contribution in [-0.4, -0.2) is 62.5 Å². The lowest BCUT2D eigenvalue weighted by Gasteiger charge is -2.24. The fourth-order valence-electron chi connectivity index (χ4n) is 1.53. The van der Waals surface area contributed by atoms with Gasteiger partial charge >= 0.3 is 0 Å². The minimum Gasteiger partial charge on any atom is -0.394 e. The van der Waals surface area contributed by atoms with Crippen LogP contribution < -0.4 is 5.32 Å². The lowest BCUT2D eigenvalue weighted by atomic mass is 10.0. The van der Waals surface area contributed by atoms with Crippen molar-refractivity contribution in [2.75, 3.05) is 11.9 Å². The summed E-state index contributed by atoms with van der Waals surface area (Å²) in [5, 5.41) is 48.7. The van der Waals surface area contributed by atoms with Crippen molar-refractivity contribution in [3.8, 4) is 0 Å². The van der Waals surface area contributed by atoms with Crippen LogP contribution in [0.3, 0.4) is 0 Å². The van der Waals surface area contributed by atoms with Crippen molar-refractivity contribution in [2.45, 2.75) is 31.3 Å². The van der Waals surface area contributed by atoms with E-state index < -0.39 is 36.9 Å². The maximum atomic E-state index is 11.7. The Kier molecular flexibility index (Phi) is 6.05. The number of anilines is 1. The number of benzene rings is 1. The Morgan fingerprint density at radius 3 is 2.15 bits per heavy atom. The second-order valence-electron chi connectivity index (χ2n) is 4.53. The number of rotatable bonds is 6. The van der Waals surface area contributed by atoms with Crippen molar-refractivity contribution < 1.29 is 30.3 Å². The van der Waals surface area contributed by atoms with Gasteiger partial charge in [-0.2, -0.15) is 0 Å². The first kappa shape index (κ1) is 16.5. The number of carbonyl (C=O) groups excluding carboxylic acids is 1. The van der Waals surface area contributed by atoms with Crippen LogP contribution in [0, 0.1) is 6.92 Å². The lowest BCUT2D eigenvalue weighted by molar-refractivity contribution is -0.144. The molecule has 0 unspecified atom stereocenters. The highest BCUT2D eigenvalue weighted by Crippen LogP contribution is 2.11. The van der Waals surface area contributed by atoms with E-state index in [1.165, 1.54) is 0 Å². The predicted molar refractivity (Wildman–Crippen MR) is 70.9 cm³/mol. The summed E-state index contributed by atoms with van der Waals surface area (Å²) in [4.78, 5) is 11.7. The molecule has 0 aliphatic rings. The van der Waals surface area contributed by atoms with Gasteiger partial charge in [0.25, 0.3) is 5.91 Å². The first-order valence-corrected chi connectivity index (χ1v) is 6.07. The monoisotopic (exact) mass is 285 g/mol. The molecule has 1 aromatic rings. The van der Waals surface area contributed by atoms with Crippen LogP contribution >= 0.6 is 0 Å². The highest BCUT2D eigenvalue weighted by atomic mass is 16.4. The van der Waals surface area contributed by atoms with E-state index in [4.69, 9.17) is 10.2 Å². The van der Waals surface area contributed by atoms with E-state index in [0.717, 1.165) is 5.56 Å². The normalized spacial score (nSPS) is 17.1. The number of aryl methyl sites for hydroxylation is 1. The van der Waals surface area contributed by atoms with Gasteiger partial charge in [-0.05, 0) is 19.1 Å². The van der Waals surface area contributed by atoms with Gasteiger partial charge in [-0.3, -0.25) is 4.79 Å². The van der Waals surface area contributed by atoms with Crippen LogP contribution in [-0.2, 0) is 4.79 Å². The minimum atomic E-state index is -1.94. The number of aliphatic hydroxyl groups is 5. The molecule has 0 aliphatic carbocycles. The highest BCUT2D eigenvalue weighted by Gasteiger charge is 2.34. The summed E-state index contributed by atoms with van der Waals surface area (Å²) < 4.78 is 0. The molecule has 0 heterocycles. The van der Waals surface area contributed by atoms with Gasteiger partial charge in [-0.25, -0.2) is 0 Å². The SMILES string of the molecule is Cc1ccc(NC(=O)[C@@H](O)[C@H](O)[C@H](O)[C@H](O)CO)cc1. The molecular weight excluding hydrogens is 266 g/mol. The molecular formula is C13H19NO6. The second kappa shape index (κ2) is 7.32. The first-order chi connectivity index (χ1) is 9.36. The lowest BCUT2D eigenvalue weighted by Crippen LogP contribution is -2.50. The average Bonchev–Trinajstić information content (AvgIpc) is 2.46. The highest BCUT2D eigenvalue weighted by molar-refractivity contribution is 5.94. The fourth-order valence-corrected chi connectivity index (χ4v) is 1.53. The van der Waals surface area contributed by atoms with Gasteiger partial charge in [-0.1, -0.05) is 17.7 Å². The van der Waals surface area contributed by atoms with Gasteiger partial charge in [-0.15, -0.1) is 0 Å². The molecule has 4 atom stereocenters. The smallest absolute Gasteiger partial charge is 0.256 e. The van der Waals surface area contributed by atoms with Crippen LogP contribution in [0.4, 0.5) is 5.69 Å². The second-order valence-corrected chi connectivity index (χ2v) is 4.53. The predicted octanol–water partition coefficient (Wildman–Crippen LogP) is -1.63. The Morgan fingerprint density at radius 2 is 1.65 bits per heavy atom. The molecule has 7 heteroatoms. The number of hydrogen-bond donors (Lipinski definition) is 6. The Labute approximate surface area is 116 Å². The summed E-state index contributed by atoms with van der Waals surface area (Å²) in [7, 11) is 0. The van der Waals surface area contributed by atoms with E-state index in [2.05, 4.69) is 5.32 Å². The standard InChI is InChI=1S/C13H19NO6/c1-7-2-4-8(5-3-7)14-13(20)12(19)11(18)10(17)9(16)6-15/h2-5,9-12,15-19H,6H2,1H3,(H,14,20)/t9-,10-,11-,12+/m1/s1. The third kappa shape index (κ3) is 4.26. The number of amides is 1. The maximum absolute atomic E-state index is 11.7. The van der Waals surface area contributed by atoms with Crippen LogP contribution in [0.1, 0.15) is 5.56 Å². The number of aliphatic hydroxyl groups excluding tert-OH is 5. The molecule has 1 rings (SSSR count). The summed E-state index contributed by atoms with van der Waals surface area (Å²) in [6, 6.07) is 6.74. The van der Waals surface area contributed by atoms with Gasteiger partial charge in [0, 0.05) is 5.69 Å². The van der Waals surface area contributed by atoms with E-state index in [0.29, 0.717) is 5.69 Å². The first-order valence-electron chi connectivity index (χ1n) is 6.07. The van der Waals surface area contributed by atoms with Gasteiger partial charge in [0.05, 0.1) is 6.61 Å². The van der Waals surface area contributed by atoms with E-state index >= 15 is 0 Å². The van der Waals surface area contributed by atoms with Gasteiger partial charge in [0.15, 0.2) is 6.10 Å². The van der Waals surface area contributed by atoms with E-state index in [1.807, 2.05) is 6.92 Å². The summed E-state index contributed by atoms with van der Waals surface area (Å²) in [5.74, 6) is -0.925. The zero-order valence-corrected chi connectivity index (χ0v) is 11.0. The molecule has 0 aromatic heterocycles. The van der Waals surface area contributed by atoms with Gasteiger partial charge in [0.1, 0.15) is 18.3 Å². The van der Waals surface area contributed by atoms with Crippen molar-refractivity contribution in [1.29, 1.82) is 0 Å². The topological polar surface area (TPSA) is 130 Å². The molecule has 0 aliphatic heterocycles. The molecule has 0 fully saturated rings. The Balaban J connectivity index is 2.64. The van der Waals surface area contributed by atoms with Crippen LogP contribution in [0.5, 0.6) is 0 Å². The minimum absolute atomic E-state index is 0.420. The number of nitrogens with one attached hydrogen (secondary N) is 1. The molecule has 0 saturated carbocycles. The molecule has 0 bridgehead atoms. The van der Waals surface area contributed by atoms with Gasteiger partial charge in [0.2, 0.25) is 0 Å². The summed E-state index contributed by atoms with van der Waals surface area (Å²) in [5.41, 5.74) is 1.41.